The van der Waals surface area contributed by atoms with Crippen molar-refractivity contribution in [2.45, 2.75) is 18.9 Å². The van der Waals surface area contributed by atoms with E-state index in [1.807, 2.05) is 18.2 Å². The van der Waals surface area contributed by atoms with Gasteiger partial charge in [0.25, 0.3) is 5.91 Å². The number of pyridine rings is 1. The van der Waals surface area contributed by atoms with E-state index in [0.717, 1.165) is 23.7 Å². The number of hydrogen-bond donors (Lipinski definition) is 2. The van der Waals surface area contributed by atoms with Gasteiger partial charge in [0.05, 0.1) is 17.1 Å². The number of fused-ring (bicyclic) bond motifs is 2. The molecule has 1 aliphatic rings. The molecule has 3 aromatic rings. The second-order valence-corrected chi connectivity index (χ2v) is 5.79. The molecule has 0 aliphatic heterocycles. The number of hydrogen-bond acceptors (Lipinski definition) is 3. The maximum Gasteiger partial charge on any atom is 0.252 e. The molecule has 1 radical (unpaired) electrons. The van der Waals surface area contributed by atoms with E-state index >= 15 is 0 Å². The van der Waals surface area contributed by atoms with Gasteiger partial charge in [0, 0.05) is 5.39 Å². The van der Waals surface area contributed by atoms with Gasteiger partial charge in [-0.05, 0) is 42.2 Å². The number of rotatable bonds is 3. The number of nitrogens with two attached hydrogens (primary N) is 1. The van der Waals surface area contributed by atoms with Crippen LogP contribution in [0.5, 0.6) is 0 Å². The Bertz CT molecular complexity index is 904. The lowest BCUT2D eigenvalue weighted by atomic mass is 10.1. The molecule has 0 saturated heterocycles. The van der Waals surface area contributed by atoms with Crippen LogP contribution in [0.1, 0.15) is 33.9 Å². The number of aryl methyl sites for hydroxylation is 1. The van der Waals surface area contributed by atoms with Crippen LogP contribution in [0.25, 0.3) is 10.9 Å². The minimum Gasteiger partial charge on any atom is -0.365 e. The summed E-state index contributed by atoms with van der Waals surface area (Å²) >= 11 is 0. The third-order valence-electron chi connectivity index (χ3n) is 4.35. The number of anilines is 1. The van der Waals surface area contributed by atoms with E-state index in [9.17, 15) is 4.79 Å². The van der Waals surface area contributed by atoms with Gasteiger partial charge >= 0.3 is 0 Å². The first-order chi connectivity index (χ1) is 11.2. The highest BCUT2D eigenvalue weighted by molar-refractivity contribution is 6.01. The zero-order chi connectivity index (χ0) is 15.8. The first kappa shape index (κ1) is 13.8. The average Bonchev–Trinajstić information content (AvgIpc) is 2.97. The minimum atomic E-state index is -0.481. The summed E-state index contributed by atoms with van der Waals surface area (Å²) in [5, 5.41) is 4.20. The molecule has 4 rings (SSSR count). The lowest BCUT2D eigenvalue weighted by molar-refractivity contribution is 0.100. The molecule has 4 nitrogen and oxygen atoms in total. The van der Waals surface area contributed by atoms with Crippen molar-refractivity contribution in [1.29, 1.82) is 0 Å². The van der Waals surface area contributed by atoms with Crippen molar-refractivity contribution in [2.75, 3.05) is 5.32 Å². The Kier molecular flexibility index (Phi) is 3.23. The van der Waals surface area contributed by atoms with E-state index < -0.39 is 5.91 Å². The largest absolute Gasteiger partial charge is 0.365 e. The van der Waals surface area contributed by atoms with E-state index in [-0.39, 0.29) is 6.04 Å². The van der Waals surface area contributed by atoms with Gasteiger partial charge in [0.2, 0.25) is 0 Å². The zero-order valence-corrected chi connectivity index (χ0v) is 12.5. The van der Waals surface area contributed by atoms with Crippen molar-refractivity contribution in [3.05, 3.63) is 71.3 Å². The van der Waals surface area contributed by atoms with Crippen LogP contribution in [0.4, 0.5) is 5.82 Å². The van der Waals surface area contributed by atoms with Crippen LogP contribution in [0.15, 0.2) is 48.5 Å². The Morgan fingerprint density at radius 1 is 1.26 bits per heavy atom. The molecule has 1 atom stereocenters. The summed E-state index contributed by atoms with van der Waals surface area (Å²) in [7, 11) is 0. The third-order valence-corrected chi connectivity index (χ3v) is 4.35. The van der Waals surface area contributed by atoms with Gasteiger partial charge in [-0.15, -0.1) is 0 Å². The van der Waals surface area contributed by atoms with Gasteiger partial charge in [-0.1, -0.05) is 36.4 Å². The quantitative estimate of drug-likeness (QED) is 0.780. The fraction of sp³-hybridized carbons (Fsp3) is 0.158. The number of carbonyl (C=O) groups is 1. The van der Waals surface area contributed by atoms with Crippen LogP contribution >= 0.6 is 0 Å². The molecule has 1 heterocycles. The lowest BCUT2D eigenvalue weighted by Crippen LogP contribution is -2.17. The molecule has 0 unspecified atom stereocenters. The third kappa shape index (κ3) is 2.42. The van der Waals surface area contributed by atoms with Crippen LogP contribution < -0.4 is 11.1 Å². The van der Waals surface area contributed by atoms with Crippen LogP contribution in [0.3, 0.4) is 0 Å². The Morgan fingerprint density at radius 3 is 3.00 bits per heavy atom. The molecular weight excluding hydrogens is 286 g/mol. The van der Waals surface area contributed by atoms with Gasteiger partial charge in [0.1, 0.15) is 5.82 Å². The Labute approximate surface area is 134 Å². The smallest absolute Gasteiger partial charge is 0.252 e. The summed E-state index contributed by atoms with van der Waals surface area (Å²) in [5.41, 5.74) is 9.36. The molecule has 23 heavy (non-hydrogen) atoms. The van der Waals surface area contributed by atoms with Gasteiger partial charge < -0.3 is 11.1 Å². The Morgan fingerprint density at radius 2 is 2.13 bits per heavy atom. The predicted molar refractivity (Wildman–Crippen MR) is 90.2 cm³/mol. The van der Waals surface area contributed by atoms with E-state index in [2.05, 4.69) is 34.6 Å². The highest BCUT2D eigenvalue weighted by atomic mass is 16.1. The molecule has 1 amide bonds. The first-order valence-electron chi connectivity index (χ1n) is 7.68. The summed E-state index contributed by atoms with van der Waals surface area (Å²) in [5.74, 6) is 0.0664. The maximum atomic E-state index is 11.8. The molecule has 3 N–H and O–H groups in total. The van der Waals surface area contributed by atoms with E-state index in [4.69, 9.17) is 5.73 Å². The summed E-state index contributed by atoms with van der Waals surface area (Å²) in [6.45, 7) is 0. The van der Waals surface area contributed by atoms with Crippen molar-refractivity contribution in [3.8, 4) is 0 Å². The second kappa shape index (κ2) is 5.39. The van der Waals surface area contributed by atoms with Crippen LogP contribution in [0.2, 0.25) is 0 Å². The number of nitrogens with zero attached hydrogens (tertiary/aromatic N) is 1. The molecular formula is C19H16N3O. The summed E-state index contributed by atoms with van der Waals surface area (Å²) in [6, 6.07) is 19.0. The van der Waals surface area contributed by atoms with Crippen molar-refractivity contribution in [3.63, 3.8) is 0 Å². The van der Waals surface area contributed by atoms with Gasteiger partial charge in [0.15, 0.2) is 0 Å². The standard InChI is InChI=1S/C19H16N3O/c20-18(23)15-11-13-6-2-4-8-16(13)21-19(15)22-17-10-9-12-5-1-3-7-14(12)17/h1-5,7-8,11,17H,9-10H2,(H2,20,23)(H,21,22)/t17-/m1/s1. The van der Waals surface area contributed by atoms with E-state index in [1.54, 1.807) is 12.1 Å². The van der Waals surface area contributed by atoms with Crippen LogP contribution in [0, 0.1) is 6.07 Å². The number of benzene rings is 2. The van der Waals surface area contributed by atoms with Gasteiger partial charge in [-0.3, -0.25) is 4.79 Å². The topological polar surface area (TPSA) is 68.0 Å². The monoisotopic (exact) mass is 302 g/mol. The fourth-order valence-electron chi connectivity index (χ4n) is 3.22. The van der Waals surface area contributed by atoms with Gasteiger partial charge in [-0.2, -0.15) is 0 Å². The second-order valence-electron chi connectivity index (χ2n) is 5.79. The van der Waals surface area contributed by atoms with Crippen molar-refractivity contribution in [1.82, 2.24) is 4.98 Å². The minimum absolute atomic E-state index is 0.155. The molecule has 1 aliphatic carbocycles. The molecule has 0 saturated carbocycles. The molecule has 0 bridgehead atoms. The number of amides is 1. The maximum absolute atomic E-state index is 11.8. The van der Waals surface area contributed by atoms with Gasteiger partial charge in [-0.25, -0.2) is 4.98 Å². The van der Waals surface area contributed by atoms with Crippen LogP contribution in [-0.2, 0) is 6.42 Å². The lowest BCUT2D eigenvalue weighted by Gasteiger charge is -2.17. The highest BCUT2D eigenvalue weighted by Crippen LogP contribution is 2.34. The Balaban J connectivity index is 1.77. The molecule has 2 aromatic carbocycles. The summed E-state index contributed by atoms with van der Waals surface area (Å²) in [6.07, 6.45) is 2.01. The molecule has 4 heteroatoms. The summed E-state index contributed by atoms with van der Waals surface area (Å²) in [4.78, 5) is 16.4. The zero-order valence-electron chi connectivity index (χ0n) is 12.5. The number of carbonyl (C=O) groups excluding carboxylic acids is 1. The predicted octanol–water partition coefficient (Wildman–Crippen LogP) is 3.23. The SMILES string of the molecule is NC(=O)c1cc2[c]cccc2nc1N[C@@H]1CCc2ccccc21. The number of nitrogens with one attached hydrogen (secondary N) is 1. The Hall–Kier alpha value is -2.88. The van der Waals surface area contributed by atoms with E-state index in [0.29, 0.717) is 11.4 Å². The molecule has 113 valence electrons. The molecule has 1 aromatic heterocycles. The van der Waals surface area contributed by atoms with E-state index in [1.165, 1.54) is 11.1 Å². The van der Waals surface area contributed by atoms with Crippen molar-refractivity contribution in [2.24, 2.45) is 5.73 Å². The molecule has 0 spiro atoms. The number of aromatic nitrogens is 1. The first-order valence-corrected chi connectivity index (χ1v) is 7.68. The van der Waals surface area contributed by atoms with Crippen molar-refractivity contribution >= 4 is 22.6 Å². The summed E-state index contributed by atoms with van der Waals surface area (Å²) < 4.78 is 0. The average molecular weight is 302 g/mol. The number of primary amides is 1. The fourth-order valence-corrected chi connectivity index (χ4v) is 3.22. The highest BCUT2D eigenvalue weighted by Gasteiger charge is 2.23. The molecule has 0 fully saturated rings. The van der Waals surface area contributed by atoms with Crippen molar-refractivity contribution < 1.29 is 4.79 Å². The van der Waals surface area contributed by atoms with Crippen LogP contribution in [-0.4, -0.2) is 10.9 Å². The normalized spacial score (nSPS) is 16.3.